The summed E-state index contributed by atoms with van der Waals surface area (Å²) in [5, 5.41) is 4.35. The van der Waals surface area contributed by atoms with Gasteiger partial charge in [-0.25, -0.2) is 14.6 Å². The van der Waals surface area contributed by atoms with E-state index in [4.69, 9.17) is 0 Å². The van der Waals surface area contributed by atoms with Gasteiger partial charge in [-0.15, -0.1) is 0 Å². The monoisotopic (exact) mass is 389 g/mol. The van der Waals surface area contributed by atoms with Crippen molar-refractivity contribution in [3.63, 3.8) is 0 Å². The van der Waals surface area contributed by atoms with Crippen molar-refractivity contribution >= 4 is 11.5 Å². The van der Waals surface area contributed by atoms with Gasteiger partial charge in [0.15, 0.2) is 5.82 Å². The van der Waals surface area contributed by atoms with Gasteiger partial charge in [-0.05, 0) is 25.1 Å². The van der Waals surface area contributed by atoms with Gasteiger partial charge in [-0.1, -0.05) is 0 Å². The highest BCUT2D eigenvalue weighted by Crippen LogP contribution is 2.30. The van der Waals surface area contributed by atoms with Gasteiger partial charge in [0.2, 0.25) is 0 Å². The maximum absolute atomic E-state index is 12.9. The highest BCUT2D eigenvalue weighted by molar-refractivity contribution is 5.50. The Balaban J connectivity index is 1.46. The van der Waals surface area contributed by atoms with Crippen molar-refractivity contribution in [1.82, 2.24) is 24.7 Å². The summed E-state index contributed by atoms with van der Waals surface area (Å²) < 4.78 is 40.3. The number of halogens is 3. The lowest BCUT2D eigenvalue weighted by Gasteiger charge is -2.36. The maximum Gasteiger partial charge on any atom is 0.433 e. The molecule has 0 aliphatic carbocycles. The number of aromatic nitrogens is 5. The van der Waals surface area contributed by atoms with Gasteiger partial charge in [0, 0.05) is 50.3 Å². The lowest BCUT2D eigenvalue weighted by Crippen LogP contribution is -2.47. The zero-order valence-electron chi connectivity index (χ0n) is 15.1. The number of piperazine rings is 1. The number of aryl methyl sites for hydroxylation is 1. The molecule has 1 fully saturated rings. The summed E-state index contributed by atoms with van der Waals surface area (Å²) in [5.74, 6) is 1.44. The van der Waals surface area contributed by atoms with Crippen LogP contribution in [0.4, 0.5) is 24.7 Å². The van der Waals surface area contributed by atoms with Gasteiger partial charge in [0.25, 0.3) is 0 Å². The summed E-state index contributed by atoms with van der Waals surface area (Å²) in [6, 6.07) is 6.45. The molecule has 3 aromatic rings. The summed E-state index contributed by atoms with van der Waals surface area (Å²) in [4.78, 5) is 16.0. The summed E-state index contributed by atoms with van der Waals surface area (Å²) in [6.07, 6.45) is 0.0843. The van der Waals surface area contributed by atoms with Crippen LogP contribution in [0.25, 0.3) is 5.82 Å². The van der Waals surface area contributed by atoms with E-state index in [0.717, 1.165) is 17.6 Å². The van der Waals surface area contributed by atoms with Crippen LogP contribution in [0.2, 0.25) is 0 Å². The molecule has 0 unspecified atom stereocenters. The van der Waals surface area contributed by atoms with Crippen LogP contribution in [-0.4, -0.2) is 50.9 Å². The fourth-order valence-electron chi connectivity index (χ4n) is 3.14. The van der Waals surface area contributed by atoms with Gasteiger partial charge in [0.1, 0.15) is 17.8 Å². The molecule has 28 heavy (non-hydrogen) atoms. The van der Waals surface area contributed by atoms with Crippen LogP contribution in [0, 0.1) is 6.92 Å². The van der Waals surface area contributed by atoms with Crippen LogP contribution >= 0.6 is 0 Å². The van der Waals surface area contributed by atoms with Gasteiger partial charge >= 0.3 is 6.18 Å². The second kappa shape index (κ2) is 7.10. The molecule has 3 aromatic heterocycles. The predicted octanol–water partition coefficient (Wildman–Crippen LogP) is 2.71. The smallest absolute Gasteiger partial charge is 0.368 e. The van der Waals surface area contributed by atoms with E-state index in [0.29, 0.717) is 37.7 Å². The topological polar surface area (TPSA) is 63.0 Å². The van der Waals surface area contributed by atoms with E-state index in [1.807, 2.05) is 30.2 Å². The van der Waals surface area contributed by atoms with E-state index in [2.05, 4.69) is 25.0 Å². The molecule has 10 heteroatoms. The van der Waals surface area contributed by atoms with Crippen molar-refractivity contribution in [3.8, 4) is 5.82 Å². The van der Waals surface area contributed by atoms with Crippen molar-refractivity contribution in [1.29, 1.82) is 0 Å². The van der Waals surface area contributed by atoms with Crippen LogP contribution in [-0.2, 0) is 6.18 Å². The molecule has 0 spiro atoms. The first kappa shape index (κ1) is 18.2. The molecule has 0 amide bonds. The minimum absolute atomic E-state index is 0.525. The van der Waals surface area contributed by atoms with Crippen molar-refractivity contribution < 1.29 is 13.2 Å². The number of alkyl halides is 3. The molecule has 146 valence electrons. The highest BCUT2D eigenvalue weighted by Gasteiger charge is 2.33. The Labute approximate surface area is 159 Å². The van der Waals surface area contributed by atoms with Gasteiger partial charge in [-0.2, -0.15) is 18.3 Å². The second-order valence-corrected chi connectivity index (χ2v) is 6.51. The molecule has 0 atom stereocenters. The van der Waals surface area contributed by atoms with Crippen LogP contribution in [0.1, 0.15) is 11.4 Å². The van der Waals surface area contributed by atoms with E-state index in [-0.39, 0.29) is 0 Å². The quantitative estimate of drug-likeness (QED) is 0.687. The average molecular weight is 389 g/mol. The Kier molecular flexibility index (Phi) is 4.62. The fraction of sp³-hybridized carbons (Fsp3) is 0.333. The molecule has 0 saturated carbocycles. The van der Waals surface area contributed by atoms with Crippen LogP contribution < -0.4 is 9.80 Å². The minimum atomic E-state index is -4.44. The number of anilines is 2. The highest BCUT2D eigenvalue weighted by atomic mass is 19.4. The molecule has 0 N–H and O–H groups in total. The SMILES string of the molecule is Cc1ccn(-c2cc(N3CCN(c4ccnc(C(F)(F)F)c4)CC3)ncn2)n1. The van der Waals surface area contributed by atoms with Crippen LogP contribution in [0.5, 0.6) is 0 Å². The lowest BCUT2D eigenvalue weighted by atomic mass is 10.2. The summed E-state index contributed by atoms with van der Waals surface area (Å²) in [7, 11) is 0. The van der Waals surface area contributed by atoms with E-state index in [9.17, 15) is 13.2 Å². The zero-order valence-corrected chi connectivity index (χ0v) is 15.1. The Morgan fingerprint density at radius 2 is 1.61 bits per heavy atom. The van der Waals surface area contributed by atoms with E-state index < -0.39 is 11.9 Å². The largest absolute Gasteiger partial charge is 0.433 e. The third-order valence-electron chi connectivity index (χ3n) is 4.60. The average Bonchev–Trinajstić information content (AvgIpc) is 3.14. The summed E-state index contributed by atoms with van der Waals surface area (Å²) >= 11 is 0. The fourth-order valence-corrected chi connectivity index (χ4v) is 3.14. The van der Waals surface area contributed by atoms with Crippen molar-refractivity contribution in [3.05, 3.63) is 54.4 Å². The predicted molar refractivity (Wildman–Crippen MR) is 97.6 cm³/mol. The first-order valence-corrected chi connectivity index (χ1v) is 8.78. The molecule has 1 saturated heterocycles. The molecule has 0 aromatic carbocycles. The Hall–Kier alpha value is -3.17. The lowest BCUT2D eigenvalue weighted by molar-refractivity contribution is -0.141. The summed E-state index contributed by atoms with van der Waals surface area (Å²) in [6.45, 7) is 4.35. The third kappa shape index (κ3) is 3.75. The van der Waals surface area contributed by atoms with E-state index in [1.165, 1.54) is 12.5 Å². The standard InChI is InChI=1S/C18H18F3N7/c1-13-3-5-28(25-13)17-11-16(23-12-24-17)27-8-6-26(7-9-27)14-2-4-22-15(10-14)18(19,20)21/h2-5,10-12H,6-9H2,1H3. The van der Waals surface area contributed by atoms with Crippen molar-refractivity contribution in [2.75, 3.05) is 36.0 Å². The molecular formula is C18H18F3N7. The van der Waals surface area contributed by atoms with E-state index >= 15 is 0 Å². The Bertz CT molecular complexity index is 962. The third-order valence-corrected chi connectivity index (χ3v) is 4.60. The minimum Gasteiger partial charge on any atom is -0.368 e. The first-order chi connectivity index (χ1) is 13.4. The Morgan fingerprint density at radius 3 is 2.29 bits per heavy atom. The summed E-state index contributed by atoms with van der Waals surface area (Å²) in [5.41, 5.74) is 0.545. The molecule has 0 radical (unpaired) electrons. The molecule has 4 rings (SSSR count). The number of rotatable bonds is 3. The number of pyridine rings is 1. The van der Waals surface area contributed by atoms with Crippen molar-refractivity contribution in [2.24, 2.45) is 0 Å². The molecular weight excluding hydrogens is 371 g/mol. The number of nitrogens with zero attached hydrogens (tertiary/aromatic N) is 7. The maximum atomic E-state index is 12.9. The van der Waals surface area contributed by atoms with Crippen LogP contribution in [0.3, 0.4) is 0 Å². The van der Waals surface area contributed by atoms with Crippen molar-refractivity contribution in [2.45, 2.75) is 13.1 Å². The number of hydrogen-bond acceptors (Lipinski definition) is 6. The first-order valence-electron chi connectivity index (χ1n) is 8.78. The molecule has 7 nitrogen and oxygen atoms in total. The van der Waals surface area contributed by atoms with Gasteiger partial charge < -0.3 is 9.80 Å². The second-order valence-electron chi connectivity index (χ2n) is 6.51. The number of hydrogen-bond donors (Lipinski definition) is 0. The molecule has 4 heterocycles. The molecule has 1 aliphatic heterocycles. The van der Waals surface area contributed by atoms with Gasteiger partial charge in [0.05, 0.1) is 5.69 Å². The zero-order chi connectivity index (χ0) is 19.7. The van der Waals surface area contributed by atoms with Crippen LogP contribution in [0.15, 0.2) is 43.0 Å². The molecule has 1 aliphatic rings. The van der Waals surface area contributed by atoms with E-state index in [1.54, 1.807) is 10.7 Å². The molecule has 0 bridgehead atoms. The Morgan fingerprint density at radius 1 is 0.893 bits per heavy atom. The normalized spacial score (nSPS) is 15.1. The van der Waals surface area contributed by atoms with Gasteiger partial charge in [-0.3, -0.25) is 4.98 Å².